The van der Waals surface area contributed by atoms with E-state index in [1.54, 1.807) is 0 Å². The number of hydrogen-bond donors (Lipinski definition) is 1. The molecule has 1 atom stereocenters. The van der Waals surface area contributed by atoms with Crippen molar-refractivity contribution in [2.24, 2.45) is 0 Å². The molecule has 2 nitrogen and oxygen atoms in total. The second-order valence-corrected chi connectivity index (χ2v) is 4.91. The molecule has 0 spiro atoms. The predicted molar refractivity (Wildman–Crippen MR) is 66.8 cm³/mol. The summed E-state index contributed by atoms with van der Waals surface area (Å²) in [7, 11) is 0. The monoisotopic (exact) mass is 239 g/mol. The fraction of sp³-hybridized carbons (Fsp3) is 0.538. The Morgan fingerprint density at radius 1 is 1.31 bits per heavy atom. The fourth-order valence-electron chi connectivity index (χ4n) is 2.17. The van der Waals surface area contributed by atoms with Gasteiger partial charge in [-0.05, 0) is 43.5 Å². The molecule has 1 saturated heterocycles. The molecule has 1 aromatic carbocycles. The molecule has 1 N–H and O–H groups in total. The van der Waals surface area contributed by atoms with Crippen molar-refractivity contribution in [3.05, 3.63) is 34.9 Å². The highest BCUT2D eigenvalue weighted by molar-refractivity contribution is 6.30. The SMILES string of the molecule is O[C@@H]1CCN(CCCc2ccc(Cl)cc2)C1. The summed E-state index contributed by atoms with van der Waals surface area (Å²) in [6.07, 6.45) is 3.06. The van der Waals surface area contributed by atoms with Crippen molar-refractivity contribution in [2.45, 2.75) is 25.4 Å². The quantitative estimate of drug-likeness (QED) is 0.872. The number of nitrogens with zero attached hydrogens (tertiary/aromatic N) is 1. The van der Waals surface area contributed by atoms with Gasteiger partial charge in [0.1, 0.15) is 0 Å². The van der Waals surface area contributed by atoms with Gasteiger partial charge in [-0.3, -0.25) is 0 Å². The van der Waals surface area contributed by atoms with Crippen molar-refractivity contribution < 1.29 is 5.11 Å². The Balaban J connectivity index is 1.70. The third-order valence-electron chi connectivity index (χ3n) is 3.10. The third-order valence-corrected chi connectivity index (χ3v) is 3.35. The Kier molecular flexibility index (Phi) is 4.22. The molecule has 0 aromatic heterocycles. The van der Waals surface area contributed by atoms with Crippen LogP contribution >= 0.6 is 11.6 Å². The van der Waals surface area contributed by atoms with Gasteiger partial charge in [0.05, 0.1) is 6.10 Å². The van der Waals surface area contributed by atoms with Gasteiger partial charge >= 0.3 is 0 Å². The first-order valence-electron chi connectivity index (χ1n) is 5.89. The standard InChI is InChI=1S/C13H18ClNO/c14-12-5-3-11(4-6-12)2-1-8-15-9-7-13(16)10-15/h3-6,13,16H,1-2,7-10H2/t13-/m1/s1. The average molecular weight is 240 g/mol. The lowest BCUT2D eigenvalue weighted by atomic mass is 10.1. The molecular weight excluding hydrogens is 222 g/mol. The van der Waals surface area contributed by atoms with Crippen LogP contribution in [0.2, 0.25) is 5.02 Å². The van der Waals surface area contributed by atoms with Gasteiger partial charge in [0.25, 0.3) is 0 Å². The number of aliphatic hydroxyl groups excluding tert-OH is 1. The van der Waals surface area contributed by atoms with Gasteiger partial charge in [-0.2, -0.15) is 0 Å². The number of halogens is 1. The Morgan fingerprint density at radius 3 is 2.69 bits per heavy atom. The zero-order chi connectivity index (χ0) is 11.4. The molecule has 88 valence electrons. The van der Waals surface area contributed by atoms with Crippen LogP contribution in [-0.4, -0.2) is 35.7 Å². The minimum absolute atomic E-state index is 0.101. The van der Waals surface area contributed by atoms with Crippen molar-refractivity contribution in [1.82, 2.24) is 4.90 Å². The number of likely N-dealkylation sites (tertiary alicyclic amines) is 1. The molecule has 0 amide bonds. The highest BCUT2D eigenvalue weighted by atomic mass is 35.5. The molecule has 1 heterocycles. The summed E-state index contributed by atoms with van der Waals surface area (Å²) >= 11 is 5.83. The van der Waals surface area contributed by atoms with Gasteiger partial charge in [-0.25, -0.2) is 0 Å². The third kappa shape index (κ3) is 3.48. The molecule has 3 heteroatoms. The molecule has 0 saturated carbocycles. The van der Waals surface area contributed by atoms with E-state index in [2.05, 4.69) is 17.0 Å². The normalized spacial score (nSPS) is 21.5. The number of benzene rings is 1. The van der Waals surface area contributed by atoms with E-state index in [9.17, 15) is 5.11 Å². The van der Waals surface area contributed by atoms with Crippen molar-refractivity contribution >= 4 is 11.6 Å². The molecule has 1 aliphatic heterocycles. The molecule has 0 unspecified atom stereocenters. The zero-order valence-corrected chi connectivity index (χ0v) is 10.2. The van der Waals surface area contributed by atoms with Crippen molar-refractivity contribution in [1.29, 1.82) is 0 Å². The Labute approximate surface area is 102 Å². The second kappa shape index (κ2) is 5.67. The van der Waals surface area contributed by atoms with Crippen LogP contribution in [0.15, 0.2) is 24.3 Å². The lowest BCUT2D eigenvalue weighted by Gasteiger charge is -2.14. The van der Waals surface area contributed by atoms with Crippen LogP contribution in [0.25, 0.3) is 0 Å². The van der Waals surface area contributed by atoms with Crippen LogP contribution in [0.3, 0.4) is 0 Å². The van der Waals surface area contributed by atoms with E-state index in [-0.39, 0.29) is 6.10 Å². The van der Waals surface area contributed by atoms with E-state index in [4.69, 9.17) is 11.6 Å². The Morgan fingerprint density at radius 2 is 2.06 bits per heavy atom. The Hall–Kier alpha value is -0.570. The Bertz CT molecular complexity index is 325. The first kappa shape index (κ1) is 11.9. The van der Waals surface area contributed by atoms with Crippen LogP contribution in [0, 0.1) is 0 Å². The van der Waals surface area contributed by atoms with Crippen molar-refractivity contribution in [2.75, 3.05) is 19.6 Å². The average Bonchev–Trinajstić information content (AvgIpc) is 2.67. The fourth-order valence-corrected chi connectivity index (χ4v) is 2.30. The summed E-state index contributed by atoms with van der Waals surface area (Å²) in [5.74, 6) is 0. The lowest BCUT2D eigenvalue weighted by molar-refractivity contribution is 0.176. The topological polar surface area (TPSA) is 23.5 Å². The summed E-state index contributed by atoms with van der Waals surface area (Å²) in [5.41, 5.74) is 1.34. The molecule has 2 rings (SSSR count). The van der Waals surface area contributed by atoms with E-state index < -0.39 is 0 Å². The first-order chi connectivity index (χ1) is 7.74. The summed E-state index contributed by atoms with van der Waals surface area (Å²) in [6, 6.07) is 8.05. The zero-order valence-electron chi connectivity index (χ0n) is 9.40. The van der Waals surface area contributed by atoms with Gasteiger partial charge in [0.2, 0.25) is 0 Å². The van der Waals surface area contributed by atoms with Crippen LogP contribution in [0.4, 0.5) is 0 Å². The minimum Gasteiger partial charge on any atom is -0.392 e. The molecule has 1 aromatic rings. The summed E-state index contributed by atoms with van der Waals surface area (Å²) in [6.45, 7) is 2.97. The van der Waals surface area contributed by atoms with Crippen LogP contribution in [0.5, 0.6) is 0 Å². The highest BCUT2D eigenvalue weighted by Crippen LogP contribution is 2.13. The van der Waals surface area contributed by atoms with Crippen LogP contribution < -0.4 is 0 Å². The number of aliphatic hydroxyl groups is 1. The highest BCUT2D eigenvalue weighted by Gasteiger charge is 2.18. The van der Waals surface area contributed by atoms with Crippen molar-refractivity contribution in [3.63, 3.8) is 0 Å². The van der Waals surface area contributed by atoms with Gasteiger partial charge < -0.3 is 10.0 Å². The predicted octanol–water partition coefficient (Wildman–Crippen LogP) is 2.34. The molecule has 1 aliphatic rings. The molecular formula is C13H18ClNO. The maximum atomic E-state index is 9.39. The second-order valence-electron chi connectivity index (χ2n) is 4.47. The number of rotatable bonds is 4. The molecule has 0 bridgehead atoms. The minimum atomic E-state index is -0.101. The number of aryl methyl sites for hydroxylation is 1. The molecule has 1 fully saturated rings. The summed E-state index contributed by atoms with van der Waals surface area (Å²) < 4.78 is 0. The van der Waals surface area contributed by atoms with E-state index in [0.29, 0.717) is 0 Å². The van der Waals surface area contributed by atoms with E-state index in [0.717, 1.165) is 43.9 Å². The van der Waals surface area contributed by atoms with E-state index in [1.807, 2.05) is 12.1 Å². The van der Waals surface area contributed by atoms with Gasteiger partial charge in [-0.1, -0.05) is 23.7 Å². The van der Waals surface area contributed by atoms with Crippen LogP contribution in [-0.2, 0) is 6.42 Å². The largest absolute Gasteiger partial charge is 0.392 e. The first-order valence-corrected chi connectivity index (χ1v) is 6.27. The maximum absolute atomic E-state index is 9.39. The van der Waals surface area contributed by atoms with E-state index >= 15 is 0 Å². The van der Waals surface area contributed by atoms with E-state index in [1.165, 1.54) is 5.56 Å². The van der Waals surface area contributed by atoms with Crippen LogP contribution in [0.1, 0.15) is 18.4 Å². The van der Waals surface area contributed by atoms with Gasteiger partial charge in [0.15, 0.2) is 0 Å². The number of hydrogen-bond acceptors (Lipinski definition) is 2. The lowest BCUT2D eigenvalue weighted by Crippen LogP contribution is -2.23. The summed E-state index contributed by atoms with van der Waals surface area (Å²) in [5, 5.41) is 10.2. The smallest absolute Gasteiger partial charge is 0.0679 e. The van der Waals surface area contributed by atoms with Crippen molar-refractivity contribution in [3.8, 4) is 0 Å². The number of β-amino-alcohol motifs (C(OH)–C–C–N with tert-alkyl or cyclic N) is 1. The molecule has 16 heavy (non-hydrogen) atoms. The van der Waals surface area contributed by atoms with Gasteiger partial charge in [-0.15, -0.1) is 0 Å². The maximum Gasteiger partial charge on any atom is 0.0679 e. The summed E-state index contributed by atoms with van der Waals surface area (Å²) in [4.78, 5) is 2.33. The molecule has 0 radical (unpaired) electrons. The van der Waals surface area contributed by atoms with Gasteiger partial charge in [0, 0.05) is 18.1 Å². The molecule has 0 aliphatic carbocycles.